The number of rotatable bonds is 5. The fourth-order valence-electron chi connectivity index (χ4n) is 2.10. The molecule has 0 saturated heterocycles. The van der Waals surface area contributed by atoms with Gasteiger partial charge in [0.2, 0.25) is 0 Å². The number of thiophene rings is 1. The lowest BCUT2D eigenvalue weighted by molar-refractivity contribution is 0.0935. The first-order chi connectivity index (χ1) is 9.13. The highest BCUT2D eigenvalue weighted by Crippen LogP contribution is 2.20. The zero-order chi connectivity index (χ0) is 13.8. The average molecular weight is 277 g/mol. The highest BCUT2D eigenvalue weighted by molar-refractivity contribution is 7.12. The second-order valence-corrected chi connectivity index (χ2v) is 5.56. The monoisotopic (exact) mass is 277 g/mol. The summed E-state index contributed by atoms with van der Waals surface area (Å²) in [5.74, 6) is 0.901. The molecular formula is C14H19N3OS. The summed E-state index contributed by atoms with van der Waals surface area (Å²) in [6.45, 7) is 4.07. The molecule has 1 N–H and O–H groups in total. The molecule has 4 nitrogen and oxygen atoms in total. The van der Waals surface area contributed by atoms with Crippen molar-refractivity contribution in [1.82, 2.24) is 14.9 Å². The van der Waals surface area contributed by atoms with Gasteiger partial charge in [-0.3, -0.25) is 4.79 Å². The fourth-order valence-corrected chi connectivity index (χ4v) is 2.92. The Bertz CT molecular complexity index is 559. The number of carbonyl (C=O) groups excluding carboxylic acids is 1. The van der Waals surface area contributed by atoms with E-state index in [9.17, 15) is 4.79 Å². The number of amides is 1. The Hall–Kier alpha value is -1.62. The van der Waals surface area contributed by atoms with E-state index in [4.69, 9.17) is 0 Å². The molecule has 19 heavy (non-hydrogen) atoms. The minimum absolute atomic E-state index is 0.00560. The van der Waals surface area contributed by atoms with E-state index in [-0.39, 0.29) is 11.9 Å². The number of aromatic nitrogens is 2. The van der Waals surface area contributed by atoms with Crippen LogP contribution in [-0.2, 0) is 7.05 Å². The van der Waals surface area contributed by atoms with Crippen molar-refractivity contribution in [3.05, 3.63) is 40.1 Å². The van der Waals surface area contributed by atoms with Crippen LogP contribution in [0.1, 0.15) is 46.9 Å². The first-order valence-corrected chi connectivity index (χ1v) is 7.33. The summed E-state index contributed by atoms with van der Waals surface area (Å²) in [4.78, 5) is 17.4. The lowest BCUT2D eigenvalue weighted by atomic mass is 10.1. The Morgan fingerprint density at radius 2 is 2.37 bits per heavy atom. The summed E-state index contributed by atoms with van der Waals surface area (Å²) >= 11 is 1.48. The molecule has 102 valence electrons. The zero-order valence-corrected chi connectivity index (χ0v) is 12.3. The maximum absolute atomic E-state index is 12.3. The van der Waals surface area contributed by atoms with Crippen LogP contribution in [0.15, 0.2) is 23.8 Å². The molecular weight excluding hydrogens is 258 g/mol. The van der Waals surface area contributed by atoms with Crippen molar-refractivity contribution in [2.75, 3.05) is 0 Å². The molecule has 0 aliphatic heterocycles. The van der Waals surface area contributed by atoms with Gasteiger partial charge in [-0.15, -0.1) is 11.3 Å². The number of aryl methyl sites for hydroxylation is 2. The van der Waals surface area contributed by atoms with E-state index in [1.807, 2.05) is 36.2 Å². The minimum atomic E-state index is -0.0287. The topological polar surface area (TPSA) is 46.9 Å². The third-order valence-corrected chi connectivity index (χ3v) is 4.14. The van der Waals surface area contributed by atoms with Gasteiger partial charge in [0, 0.05) is 19.4 Å². The number of imidazole rings is 1. The molecule has 0 aliphatic carbocycles. The normalized spacial score (nSPS) is 12.4. The molecule has 0 radical (unpaired) electrons. The van der Waals surface area contributed by atoms with Crippen molar-refractivity contribution in [2.24, 2.45) is 7.05 Å². The Kier molecular flexibility index (Phi) is 4.37. The average Bonchev–Trinajstić information content (AvgIpc) is 2.97. The van der Waals surface area contributed by atoms with E-state index in [1.54, 1.807) is 6.20 Å². The maximum atomic E-state index is 12.3. The fraction of sp³-hybridized carbons (Fsp3) is 0.429. The molecule has 0 fully saturated rings. The molecule has 2 aromatic rings. The standard InChI is InChI=1S/C14H19N3OS/c1-4-5-11(13-15-7-8-17(13)3)16-14(18)12-10(2)6-9-19-12/h6-9,11H,4-5H2,1-3H3,(H,16,18)/t11-/m1/s1. The van der Waals surface area contributed by atoms with Gasteiger partial charge in [-0.2, -0.15) is 0 Å². The third kappa shape index (κ3) is 3.04. The molecule has 1 amide bonds. The highest BCUT2D eigenvalue weighted by Gasteiger charge is 2.19. The van der Waals surface area contributed by atoms with Crippen molar-refractivity contribution in [2.45, 2.75) is 32.7 Å². The van der Waals surface area contributed by atoms with Gasteiger partial charge in [-0.1, -0.05) is 13.3 Å². The van der Waals surface area contributed by atoms with E-state index in [1.165, 1.54) is 11.3 Å². The van der Waals surface area contributed by atoms with Crippen LogP contribution in [0, 0.1) is 6.92 Å². The number of hydrogen-bond acceptors (Lipinski definition) is 3. The molecule has 0 aliphatic rings. The molecule has 0 spiro atoms. The third-order valence-electron chi connectivity index (χ3n) is 3.12. The largest absolute Gasteiger partial charge is 0.341 e. The van der Waals surface area contributed by atoms with Crippen LogP contribution in [0.5, 0.6) is 0 Å². The quantitative estimate of drug-likeness (QED) is 0.913. The van der Waals surface area contributed by atoms with Crippen LogP contribution >= 0.6 is 11.3 Å². The van der Waals surface area contributed by atoms with E-state index >= 15 is 0 Å². The van der Waals surface area contributed by atoms with Crippen LogP contribution in [0.25, 0.3) is 0 Å². The van der Waals surface area contributed by atoms with E-state index in [2.05, 4.69) is 17.2 Å². The Balaban J connectivity index is 2.16. The SMILES string of the molecule is CCC[C@@H](NC(=O)c1sccc1C)c1nccn1C. The maximum Gasteiger partial charge on any atom is 0.262 e. The van der Waals surface area contributed by atoms with Crippen LogP contribution < -0.4 is 5.32 Å². The number of nitrogens with one attached hydrogen (secondary N) is 1. The summed E-state index contributed by atoms with van der Waals surface area (Å²) in [7, 11) is 1.95. The van der Waals surface area contributed by atoms with Crippen LogP contribution in [0.2, 0.25) is 0 Å². The summed E-state index contributed by atoms with van der Waals surface area (Å²) in [6, 6.07) is 1.94. The van der Waals surface area contributed by atoms with Gasteiger partial charge in [0.15, 0.2) is 0 Å². The van der Waals surface area contributed by atoms with E-state index in [0.717, 1.165) is 29.1 Å². The van der Waals surface area contributed by atoms with Crippen LogP contribution in [-0.4, -0.2) is 15.5 Å². The minimum Gasteiger partial charge on any atom is -0.341 e. The molecule has 5 heteroatoms. The lowest BCUT2D eigenvalue weighted by Gasteiger charge is -2.17. The van der Waals surface area contributed by atoms with Gasteiger partial charge in [-0.05, 0) is 30.4 Å². The van der Waals surface area contributed by atoms with E-state index in [0.29, 0.717) is 0 Å². The van der Waals surface area contributed by atoms with Crippen molar-refractivity contribution in [1.29, 1.82) is 0 Å². The predicted octanol–water partition coefficient (Wildman–Crippen LogP) is 3.06. The summed E-state index contributed by atoms with van der Waals surface area (Å²) in [5.41, 5.74) is 1.03. The summed E-state index contributed by atoms with van der Waals surface area (Å²) in [6.07, 6.45) is 5.56. The first-order valence-electron chi connectivity index (χ1n) is 6.45. The van der Waals surface area contributed by atoms with Crippen molar-refractivity contribution in [3.63, 3.8) is 0 Å². The van der Waals surface area contributed by atoms with Gasteiger partial charge >= 0.3 is 0 Å². The van der Waals surface area contributed by atoms with Crippen molar-refractivity contribution >= 4 is 17.2 Å². The van der Waals surface area contributed by atoms with Gasteiger partial charge in [0.1, 0.15) is 5.82 Å². The molecule has 1 atom stereocenters. The first kappa shape index (κ1) is 13.8. The Morgan fingerprint density at radius 1 is 1.58 bits per heavy atom. The highest BCUT2D eigenvalue weighted by atomic mass is 32.1. The molecule has 2 aromatic heterocycles. The molecule has 2 heterocycles. The molecule has 0 saturated carbocycles. The van der Waals surface area contributed by atoms with Crippen LogP contribution in [0.3, 0.4) is 0 Å². The van der Waals surface area contributed by atoms with Gasteiger partial charge in [0.25, 0.3) is 5.91 Å². The second-order valence-electron chi connectivity index (χ2n) is 4.64. The summed E-state index contributed by atoms with van der Waals surface area (Å²) < 4.78 is 1.96. The van der Waals surface area contributed by atoms with Gasteiger partial charge in [0.05, 0.1) is 10.9 Å². The number of hydrogen-bond donors (Lipinski definition) is 1. The number of carbonyl (C=O) groups is 1. The molecule has 0 aromatic carbocycles. The van der Waals surface area contributed by atoms with Crippen molar-refractivity contribution in [3.8, 4) is 0 Å². The zero-order valence-electron chi connectivity index (χ0n) is 11.5. The molecule has 0 bridgehead atoms. The van der Waals surface area contributed by atoms with Gasteiger partial charge < -0.3 is 9.88 Å². The van der Waals surface area contributed by atoms with Crippen LogP contribution in [0.4, 0.5) is 0 Å². The van der Waals surface area contributed by atoms with Gasteiger partial charge in [-0.25, -0.2) is 4.98 Å². The smallest absolute Gasteiger partial charge is 0.262 e. The lowest BCUT2D eigenvalue weighted by Crippen LogP contribution is -2.30. The van der Waals surface area contributed by atoms with Crippen molar-refractivity contribution < 1.29 is 4.79 Å². The Morgan fingerprint density at radius 3 is 2.89 bits per heavy atom. The number of nitrogens with zero attached hydrogens (tertiary/aromatic N) is 2. The summed E-state index contributed by atoms with van der Waals surface area (Å²) in [5, 5.41) is 5.04. The van der Waals surface area contributed by atoms with E-state index < -0.39 is 0 Å². The molecule has 2 rings (SSSR count). The second kappa shape index (κ2) is 6.02. The predicted molar refractivity (Wildman–Crippen MR) is 77.4 cm³/mol. The Labute approximate surface area is 117 Å². The molecule has 0 unspecified atom stereocenters.